The van der Waals surface area contributed by atoms with Gasteiger partial charge >= 0.3 is 0 Å². The van der Waals surface area contributed by atoms with Crippen LogP contribution < -0.4 is 15.7 Å². The zero-order valence-corrected chi connectivity index (χ0v) is 12.8. The lowest BCUT2D eigenvalue weighted by Gasteiger charge is -2.20. The van der Waals surface area contributed by atoms with Crippen LogP contribution in [-0.2, 0) is 0 Å². The van der Waals surface area contributed by atoms with E-state index in [0.717, 1.165) is 9.26 Å². The summed E-state index contributed by atoms with van der Waals surface area (Å²) in [5.41, 5.74) is 4.79. The lowest BCUT2D eigenvalue weighted by molar-refractivity contribution is -0.384. The molecule has 0 fully saturated rings. The Bertz CT molecular complexity index is 704. The first kappa shape index (κ1) is 13.8. The zero-order valence-electron chi connectivity index (χ0n) is 10.7. The van der Waals surface area contributed by atoms with Crippen molar-refractivity contribution in [2.24, 2.45) is 5.10 Å². The van der Waals surface area contributed by atoms with Crippen LogP contribution in [0.2, 0.25) is 0 Å². The summed E-state index contributed by atoms with van der Waals surface area (Å²) in [6.45, 7) is 0. The summed E-state index contributed by atoms with van der Waals surface area (Å²) < 4.78 is 1.12. The number of benzene rings is 2. The van der Waals surface area contributed by atoms with Gasteiger partial charge in [0.2, 0.25) is 0 Å². The summed E-state index contributed by atoms with van der Waals surface area (Å²) in [4.78, 5) is 10.2. The van der Waals surface area contributed by atoms with Crippen LogP contribution in [0.5, 0.6) is 0 Å². The van der Waals surface area contributed by atoms with Gasteiger partial charge in [0.05, 0.1) is 16.3 Å². The molecule has 0 radical (unpaired) electrons. The van der Waals surface area contributed by atoms with Gasteiger partial charge in [0.1, 0.15) is 6.34 Å². The first-order valence-corrected chi connectivity index (χ1v) is 7.11. The van der Waals surface area contributed by atoms with Gasteiger partial charge < -0.3 is 0 Å². The Labute approximate surface area is 134 Å². The van der Waals surface area contributed by atoms with Crippen LogP contribution in [0.4, 0.5) is 17.1 Å². The Hall–Kier alpha value is -2.20. The van der Waals surface area contributed by atoms with Gasteiger partial charge in [0.25, 0.3) is 5.69 Å². The van der Waals surface area contributed by atoms with E-state index in [1.54, 1.807) is 28.6 Å². The number of nitro benzene ring substituents is 1. The molecule has 0 saturated heterocycles. The summed E-state index contributed by atoms with van der Waals surface area (Å²) in [6.07, 6.45) is 1.65. The highest BCUT2D eigenvalue weighted by Crippen LogP contribution is 2.22. The molecule has 7 nitrogen and oxygen atoms in total. The Morgan fingerprint density at radius 1 is 1.14 bits per heavy atom. The Morgan fingerprint density at radius 3 is 2.57 bits per heavy atom. The predicted octanol–water partition coefficient (Wildman–Crippen LogP) is 2.89. The maximum absolute atomic E-state index is 10.6. The quantitative estimate of drug-likeness (QED) is 0.492. The van der Waals surface area contributed by atoms with Crippen molar-refractivity contribution in [3.05, 3.63) is 62.2 Å². The van der Waals surface area contributed by atoms with E-state index in [1.807, 2.05) is 24.3 Å². The first-order chi connectivity index (χ1) is 10.1. The van der Waals surface area contributed by atoms with E-state index < -0.39 is 4.92 Å². The highest BCUT2D eigenvalue weighted by molar-refractivity contribution is 14.1. The number of anilines is 2. The van der Waals surface area contributed by atoms with Crippen molar-refractivity contribution in [2.75, 3.05) is 10.1 Å². The molecule has 0 atom stereocenters. The molecule has 21 heavy (non-hydrogen) atoms. The molecule has 106 valence electrons. The van der Waals surface area contributed by atoms with Crippen LogP contribution in [0.3, 0.4) is 0 Å². The molecule has 3 rings (SSSR count). The van der Waals surface area contributed by atoms with E-state index in [2.05, 4.69) is 33.2 Å². The molecule has 2 aromatic rings. The molecule has 0 spiro atoms. The van der Waals surface area contributed by atoms with E-state index >= 15 is 0 Å². The highest BCUT2D eigenvalue weighted by atomic mass is 127. The number of hydrogen-bond donors (Lipinski definition) is 1. The summed E-state index contributed by atoms with van der Waals surface area (Å²) in [7, 11) is 0. The Morgan fingerprint density at radius 2 is 1.90 bits per heavy atom. The lowest BCUT2D eigenvalue weighted by atomic mass is 10.3. The number of nitro groups is 1. The van der Waals surface area contributed by atoms with Crippen molar-refractivity contribution in [3.63, 3.8) is 0 Å². The smallest absolute Gasteiger partial charge is 0.258 e. The van der Waals surface area contributed by atoms with Crippen molar-refractivity contribution in [3.8, 4) is 0 Å². The van der Waals surface area contributed by atoms with Crippen LogP contribution in [-0.4, -0.2) is 11.3 Å². The second kappa shape index (κ2) is 5.66. The maximum atomic E-state index is 10.6. The fraction of sp³-hybridized carbons (Fsp3) is 0. The molecule has 1 heterocycles. The third-order valence-corrected chi connectivity index (χ3v) is 3.55. The fourth-order valence-corrected chi connectivity index (χ4v) is 2.37. The number of hydrazone groups is 1. The SMILES string of the molecule is O=[N+]([O-])c1ccc(N2N=CN(c3cccc(I)c3)N2)cc1. The molecular weight excluding hydrogens is 385 g/mol. The van der Waals surface area contributed by atoms with Gasteiger partial charge in [-0.1, -0.05) is 6.07 Å². The van der Waals surface area contributed by atoms with Crippen LogP contribution >= 0.6 is 22.6 Å². The fourth-order valence-electron chi connectivity index (χ4n) is 1.85. The van der Waals surface area contributed by atoms with Crippen molar-refractivity contribution in [1.82, 2.24) is 5.53 Å². The standard InChI is InChI=1S/C13H10IN5O2/c14-10-2-1-3-13(8-10)17-9-15-18(16-17)11-4-6-12(7-5-11)19(20)21/h1-9,16H. The van der Waals surface area contributed by atoms with Gasteiger partial charge in [0.15, 0.2) is 0 Å². The Balaban J connectivity index is 1.75. The topological polar surface area (TPSA) is 74.0 Å². The Kier molecular flexibility index (Phi) is 3.71. The number of non-ortho nitro benzene ring substituents is 1. The molecule has 0 bridgehead atoms. The molecule has 1 aliphatic rings. The van der Waals surface area contributed by atoms with E-state index in [4.69, 9.17) is 0 Å². The van der Waals surface area contributed by atoms with Crippen LogP contribution in [0.1, 0.15) is 0 Å². The largest absolute Gasteiger partial charge is 0.269 e. The van der Waals surface area contributed by atoms with Crippen LogP contribution in [0, 0.1) is 13.7 Å². The summed E-state index contributed by atoms with van der Waals surface area (Å²) in [6, 6.07) is 14.1. The van der Waals surface area contributed by atoms with E-state index in [0.29, 0.717) is 5.69 Å². The molecule has 8 heteroatoms. The normalized spacial score (nSPS) is 13.8. The molecule has 1 N–H and O–H groups in total. The molecule has 2 aromatic carbocycles. The summed E-state index contributed by atoms with van der Waals surface area (Å²) in [5, 5.41) is 18.2. The molecule has 0 amide bonds. The van der Waals surface area contributed by atoms with Gasteiger partial charge in [-0.3, -0.25) is 10.1 Å². The summed E-state index contributed by atoms with van der Waals surface area (Å²) >= 11 is 2.24. The van der Waals surface area contributed by atoms with Crippen LogP contribution in [0.25, 0.3) is 0 Å². The van der Waals surface area contributed by atoms with E-state index in [9.17, 15) is 10.1 Å². The lowest BCUT2D eigenvalue weighted by Crippen LogP contribution is -2.40. The molecule has 0 unspecified atom stereocenters. The number of nitrogens with one attached hydrogen (secondary N) is 1. The molecule has 0 aliphatic carbocycles. The minimum absolute atomic E-state index is 0.0522. The zero-order chi connectivity index (χ0) is 14.8. The van der Waals surface area contributed by atoms with E-state index in [1.165, 1.54) is 12.1 Å². The number of halogens is 1. The van der Waals surface area contributed by atoms with E-state index in [-0.39, 0.29) is 5.69 Å². The second-order valence-electron chi connectivity index (χ2n) is 4.27. The van der Waals surface area contributed by atoms with Gasteiger partial charge in [-0.25, -0.2) is 5.01 Å². The number of rotatable bonds is 3. The third kappa shape index (κ3) is 2.95. The average molecular weight is 395 g/mol. The highest BCUT2D eigenvalue weighted by Gasteiger charge is 2.17. The predicted molar refractivity (Wildman–Crippen MR) is 88.8 cm³/mol. The van der Waals surface area contributed by atoms with Gasteiger partial charge in [0, 0.05) is 15.7 Å². The first-order valence-electron chi connectivity index (χ1n) is 6.03. The van der Waals surface area contributed by atoms with Gasteiger partial charge in [-0.2, -0.15) is 5.12 Å². The minimum atomic E-state index is -0.428. The van der Waals surface area contributed by atoms with Gasteiger partial charge in [-0.05, 0) is 52.9 Å². The van der Waals surface area contributed by atoms with Crippen molar-refractivity contribution in [1.29, 1.82) is 0 Å². The third-order valence-electron chi connectivity index (χ3n) is 2.88. The van der Waals surface area contributed by atoms with Gasteiger partial charge in [-0.15, -0.1) is 10.6 Å². The average Bonchev–Trinajstić information content (AvgIpc) is 2.97. The monoisotopic (exact) mass is 395 g/mol. The number of nitrogens with zero attached hydrogens (tertiary/aromatic N) is 4. The second-order valence-corrected chi connectivity index (χ2v) is 5.51. The minimum Gasteiger partial charge on any atom is -0.258 e. The van der Waals surface area contributed by atoms with Crippen molar-refractivity contribution >= 4 is 46.0 Å². The number of hydrogen-bond acceptors (Lipinski definition) is 6. The van der Waals surface area contributed by atoms with Crippen molar-refractivity contribution in [2.45, 2.75) is 0 Å². The molecule has 0 aromatic heterocycles. The summed E-state index contributed by atoms with van der Waals surface area (Å²) in [5.74, 6) is 0. The van der Waals surface area contributed by atoms with Crippen molar-refractivity contribution < 1.29 is 4.92 Å². The van der Waals surface area contributed by atoms with Crippen LogP contribution in [0.15, 0.2) is 53.6 Å². The number of hydrazine groups is 2. The molecular formula is C13H10IN5O2. The molecule has 0 saturated carbocycles. The maximum Gasteiger partial charge on any atom is 0.269 e. The molecule has 1 aliphatic heterocycles.